The second kappa shape index (κ2) is 12.5. The molecule has 6 nitrogen and oxygen atoms in total. The summed E-state index contributed by atoms with van der Waals surface area (Å²) in [5.74, 6) is 0. The summed E-state index contributed by atoms with van der Waals surface area (Å²) in [5, 5.41) is 3.05. The van der Waals surface area contributed by atoms with Crippen LogP contribution in [-0.2, 0) is 18.8 Å². The molecule has 0 saturated heterocycles. The fraction of sp³-hybridized carbons (Fsp3) is 0.409. The van der Waals surface area contributed by atoms with Crippen LogP contribution < -0.4 is 11.1 Å². The average Bonchev–Trinajstić information content (AvgIpc) is 2.73. The van der Waals surface area contributed by atoms with Gasteiger partial charge < -0.3 is 24.3 Å². The molecule has 0 fully saturated rings. The topological polar surface area (TPSA) is 82.8 Å². The first-order chi connectivity index (χ1) is 14.8. The van der Waals surface area contributed by atoms with Gasteiger partial charge in [-0.25, -0.2) is 4.79 Å². The van der Waals surface area contributed by atoms with Gasteiger partial charge in [-0.2, -0.15) is 0 Å². The Balaban J connectivity index is 2.59. The highest BCUT2D eigenvalue weighted by Crippen LogP contribution is 2.37. The maximum absolute atomic E-state index is 12.2. The second-order valence-corrected chi connectivity index (χ2v) is 12.1. The Bertz CT molecular complexity index is 772. The van der Waals surface area contributed by atoms with Gasteiger partial charge in [0.2, 0.25) is 0 Å². The lowest BCUT2D eigenvalue weighted by molar-refractivity contribution is 0.0690. The van der Waals surface area contributed by atoms with Crippen molar-refractivity contribution in [3.05, 3.63) is 66.8 Å². The van der Waals surface area contributed by atoms with E-state index >= 15 is 0 Å². The van der Waals surface area contributed by atoms with Crippen molar-refractivity contribution in [1.82, 2.24) is 5.32 Å². The fourth-order valence-electron chi connectivity index (χ4n) is 3.68. The molecule has 31 heavy (non-hydrogen) atoms. The zero-order valence-corrected chi connectivity index (χ0v) is 23.4. The monoisotopic (exact) mass is 668 g/mol. The third kappa shape index (κ3) is 7.12. The minimum absolute atomic E-state index is 0.496. The van der Waals surface area contributed by atoms with E-state index in [0.717, 1.165) is 18.3 Å². The summed E-state index contributed by atoms with van der Waals surface area (Å²) in [7, 11) is -2.94. The van der Waals surface area contributed by atoms with Gasteiger partial charge in [-0.1, -0.05) is 24.3 Å². The van der Waals surface area contributed by atoms with Gasteiger partial charge in [0.25, 0.3) is 0 Å². The van der Waals surface area contributed by atoms with Crippen molar-refractivity contribution in [1.29, 1.82) is 0 Å². The number of urea groups is 1. The Morgan fingerprint density at radius 2 is 1.26 bits per heavy atom. The van der Waals surface area contributed by atoms with E-state index in [4.69, 9.17) is 19.0 Å². The number of primary amides is 1. The molecule has 9 heteroatoms. The van der Waals surface area contributed by atoms with Crippen molar-refractivity contribution in [2.24, 2.45) is 5.73 Å². The number of carbonyl (C=O) groups is 1. The summed E-state index contributed by atoms with van der Waals surface area (Å²) in [5.41, 5.74) is 6.74. The van der Waals surface area contributed by atoms with Gasteiger partial charge >= 0.3 is 14.8 Å². The highest BCUT2D eigenvalue weighted by Gasteiger charge is 2.45. The average molecular weight is 668 g/mol. The Morgan fingerprint density at radius 3 is 1.58 bits per heavy atom. The van der Waals surface area contributed by atoms with Gasteiger partial charge in [-0.3, -0.25) is 0 Å². The number of carbonyl (C=O) groups excluding carboxylic acids is 1. The molecule has 0 unspecified atom stereocenters. The molecule has 2 amide bonds. The number of nitrogens with two attached hydrogens (primary N) is 1. The van der Waals surface area contributed by atoms with Crippen LogP contribution in [0, 0.1) is 7.14 Å². The predicted molar refractivity (Wildman–Crippen MR) is 142 cm³/mol. The second-order valence-electron chi connectivity index (χ2n) is 6.89. The van der Waals surface area contributed by atoms with Gasteiger partial charge in [0.1, 0.15) is 0 Å². The van der Waals surface area contributed by atoms with Crippen LogP contribution in [0.1, 0.15) is 38.3 Å². The number of hydrogen-bond donors (Lipinski definition) is 2. The van der Waals surface area contributed by atoms with Gasteiger partial charge in [-0.15, -0.1) is 0 Å². The normalized spacial score (nSPS) is 12.0. The Kier molecular flexibility index (Phi) is 10.7. The number of benzene rings is 2. The summed E-state index contributed by atoms with van der Waals surface area (Å²) in [6, 6.07) is 16.2. The van der Waals surface area contributed by atoms with Gasteiger partial charge in [0, 0.05) is 33.0 Å². The lowest BCUT2D eigenvalue weighted by Gasteiger charge is -2.38. The molecule has 2 aromatic carbocycles. The maximum atomic E-state index is 12.2. The minimum Gasteiger partial charge on any atom is -0.374 e. The molecular weight excluding hydrogens is 638 g/mol. The standard InChI is InChI=1S/C22H30I2N2O4Si/c1-4-28-31(29-5-2,30-6-3)16-15-22(26-21(25)27,17-7-11-19(23)12-8-17)18-9-13-20(24)14-10-18/h7-14H,4-6,15-16H2,1-3H3,(H3,25,26,27). The Hall–Kier alpha value is -0.733. The Morgan fingerprint density at radius 1 is 0.871 bits per heavy atom. The molecule has 170 valence electrons. The molecule has 0 aromatic heterocycles. The van der Waals surface area contributed by atoms with Crippen LogP contribution in [0.25, 0.3) is 0 Å². The lowest BCUT2D eigenvalue weighted by Crippen LogP contribution is -2.52. The molecule has 0 atom stereocenters. The van der Waals surface area contributed by atoms with Crippen molar-refractivity contribution in [3.8, 4) is 0 Å². The van der Waals surface area contributed by atoms with Gasteiger partial charge in [-0.05, 0) is 108 Å². The smallest absolute Gasteiger partial charge is 0.374 e. The van der Waals surface area contributed by atoms with E-state index < -0.39 is 20.4 Å². The molecular formula is C22H30I2N2O4Si. The molecule has 0 radical (unpaired) electrons. The van der Waals surface area contributed by atoms with Crippen LogP contribution in [0.15, 0.2) is 48.5 Å². The molecule has 0 bridgehead atoms. The highest BCUT2D eigenvalue weighted by atomic mass is 127. The molecule has 0 saturated carbocycles. The summed E-state index contributed by atoms with van der Waals surface area (Å²) >= 11 is 4.54. The van der Waals surface area contributed by atoms with E-state index in [9.17, 15) is 4.79 Å². The highest BCUT2D eigenvalue weighted by molar-refractivity contribution is 14.1. The largest absolute Gasteiger partial charge is 0.501 e. The number of hydrogen-bond acceptors (Lipinski definition) is 4. The summed E-state index contributed by atoms with van der Waals surface area (Å²) in [4.78, 5) is 12.2. The molecule has 0 heterocycles. The summed E-state index contributed by atoms with van der Waals surface area (Å²) in [6.07, 6.45) is 0.517. The molecule has 0 spiro atoms. The maximum Gasteiger partial charge on any atom is 0.501 e. The Labute approximate surface area is 213 Å². The predicted octanol–water partition coefficient (Wildman–Crippen LogP) is 5.25. The third-order valence-corrected chi connectivity index (χ3v) is 9.40. The molecule has 0 aliphatic heterocycles. The van der Waals surface area contributed by atoms with Crippen molar-refractivity contribution in [3.63, 3.8) is 0 Å². The molecule has 0 aliphatic carbocycles. The molecule has 0 aliphatic rings. The van der Waals surface area contributed by atoms with Crippen LogP contribution in [-0.4, -0.2) is 34.7 Å². The first-order valence-corrected chi connectivity index (χ1v) is 14.4. The number of amides is 2. The first kappa shape index (κ1) is 26.5. The zero-order valence-electron chi connectivity index (χ0n) is 18.1. The van der Waals surface area contributed by atoms with E-state index in [0.29, 0.717) is 32.3 Å². The van der Waals surface area contributed by atoms with Crippen molar-refractivity contribution >= 4 is 60.0 Å². The van der Waals surface area contributed by atoms with Crippen LogP contribution in [0.2, 0.25) is 6.04 Å². The zero-order chi connectivity index (χ0) is 22.9. The van der Waals surface area contributed by atoms with Crippen LogP contribution in [0.3, 0.4) is 0 Å². The van der Waals surface area contributed by atoms with Crippen LogP contribution in [0.4, 0.5) is 4.79 Å². The van der Waals surface area contributed by atoms with E-state index in [-0.39, 0.29) is 0 Å². The number of rotatable bonds is 12. The molecule has 2 aromatic rings. The quantitative estimate of drug-likeness (QED) is 0.240. The lowest BCUT2D eigenvalue weighted by atomic mass is 9.80. The number of halogens is 2. The van der Waals surface area contributed by atoms with E-state index in [2.05, 4.69) is 50.5 Å². The van der Waals surface area contributed by atoms with Crippen LogP contribution >= 0.6 is 45.2 Å². The fourth-order valence-corrected chi connectivity index (χ4v) is 7.09. The summed E-state index contributed by atoms with van der Waals surface area (Å²) < 4.78 is 20.4. The van der Waals surface area contributed by atoms with Crippen molar-refractivity contribution < 1.29 is 18.1 Å². The van der Waals surface area contributed by atoms with E-state index in [1.165, 1.54) is 0 Å². The minimum atomic E-state index is -2.94. The first-order valence-electron chi connectivity index (χ1n) is 10.3. The van der Waals surface area contributed by atoms with Gasteiger partial charge in [0.05, 0.1) is 5.54 Å². The SMILES string of the molecule is CCO[Si](CCC(NC(N)=O)(c1ccc(I)cc1)c1ccc(I)cc1)(OCC)OCC. The molecule has 3 N–H and O–H groups in total. The summed E-state index contributed by atoms with van der Waals surface area (Å²) in [6.45, 7) is 7.30. The van der Waals surface area contributed by atoms with Crippen molar-refractivity contribution in [2.45, 2.75) is 38.8 Å². The molecule has 2 rings (SSSR count). The van der Waals surface area contributed by atoms with Crippen LogP contribution in [0.5, 0.6) is 0 Å². The van der Waals surface area contributed by atoms with Gasteiger partial charge in [0.15, 0.2) is 0 Å². The number of nitrogens with one attached hydrogen (secondary N) is 1. The third-order valence-electron chi connectivity index (χ3n) is 4.91. The van der Waals surface area contributed by atoms with E-state index in [1.807, 2.05) is 69.3 Å². The van der Waals surface area contributed by atoms with Crippen molar-refractivity contribution in [2.75, 3.05) is 19.8 Å². The van der Waals surface area contributed by atoms with E-state index in [1.54, 1.807) is 0 Å².